The van der Waals surface area contributed by atoms with Crippen molar-refractivity contribution in [3.8, 4) is 5.69 Å². The highest BCUT2D eigenvalue weighted by Gasteiger charge is 2.01. The van der Waals surface area contributed by atoms with Gasteiger partial charge < -0.3 is 0 Å². The maximum atomic E-state index is 7.87. The molecule has 0 unspecified atom stereocenters. The Morgan fingerprint density at radius 2 is 2.54 bits per heavy atom. The lowest BCUT2D eigenvalue weighted by molar-refractivity contribution is 0.872. The van der Waals surface area contributed by atoms with E-state index >= 15 is 0 Å². The summed E-state index contributed by atoms with van der Waals surface area (Å²) in [6.45, 7) is -2.69. The minimum Gasteiger partial charge on any atom is -0.263 e. The Morgan fingerprint density at radius 1 is 1.62 bits per heavy atom. The quantitative estimate of drug-likeness (QED) is 0.773. The van der Waals surface area contributed by atoms with Gasteiger partial charge in [-0.1, -0.05) is 0 Å². The third kappa shape index (κ3) is 1.62. The third-order valence-corrected chi connectivity index (χ3v) is 1.84. The Balaban J connectivity index is 2.82. The van der Waals surface area contributed by atoms with Crippen LogP contribution in [0.25, 0.3) is 5.69 Å². The van der Waals surface area contributed by atoms with E-state index in [0.29, 0.717) is 0 Å². The predicted octanol–water partition coefficient (Wildman–Crippen LogP) is 2.34. The molecule has 2 aromatic rings. The number of rotatable bonds is 1. The molecular formula is C9H8BrN3. The number of hydrogen-bond acceptors (Lipinski definition) is 2. The van der Waals surface area contributed by atoms with Gasteiger partial charge in [0.15, 0.2) is 0 Å². The average molecular weight is 246 g/mol. The maximum Gasteiger partial charge on any atom is 0.0863 e. The van der Waals surface area contributed by atoms with Crippen molar-refractivity contribution in [2.45, 2.75) is 6.85 Å². The lowest BCUT2D eigenvalue weighted by Crippen LogP contribution is -1.95. The Hall–Kier alpha value is -1.16. The summed E-state index contributed by atoms with van der Waals surface area (Å²) < 4.78 is 61.0. The SMILES string of the molecule is [2H]c1nc([2H])c(Br)c(-n2nc([2H])c(C([2H])([2H])[2H])c2[2H])c1[2H]. The van der Waals surface area contributed by atoms with Crippen LogP contribution in [-0.4, -0.2) is 14.8 Å². The molecule has 3 nitrogen and oxygen atoms in total. The first kappa shape index (κ1) is 3.20. The summed E-state index contributed by atoms with van der Waals surface area (Å²) in [7, 11) is 0. The van der Waals surface area contributed by atoms with Crippen molar-refractivity contribution in [1.82, 2.24) is 14.8 Å². The molecule has 4 heteroatoms. The molecular weight excluding hydrogens is 230 g/mol. The van der Waals surface area contributed by atoms with E-state index < -0.39 is 37.0 Å². The van der Waals surface area contributed by atoms with E-state index in [1.165, 1.54) is 0 Å². The van der Waals surface area contributed by atoms with E-state index in [1.807, 2.05) is 0 Å². The monoisotopic (exact) mass is 245 g/mol. The van der Waals surface area contributed by atoms with Crippen molar-refractivity contribution >= 4 is 15.9 Å². The van der Waals surface area contributed by atoms with Gasteiger partial charge in [-0.25, -0.2) is 4.68 Å². The van der Waals surface area contributed by atoms with Crippen molar-refractivity contribution in [3.05, 3.63) is 40.8 Å². The summed E-state index contributed by atoms with van der Waals surface area (Å²) in [5, 5.41) is 3.64. The van der Waals surface area contributed by atoms with Crippen molar-refractivity contribution in [1.29, 1.82) is 0 Å². The van der Waals surface area contributed by atoms with Crippen LogP contribution >= 0.6 is 15.9 Å². The van der Waals surface area contributed by atoms with Gasteiger partial charge in [0.1, 0.15) is 0 Å². The van der Waals surface area contributed by atoms with E-state index in [-0.39, 0.29) is 16.3 Å². The molecule has 2 heterocycles. The summed E-state index contributed by atoms with van der Waals surface area (Å²) in [4.78, 5) is 3.51. The molecule has 13 heavy (non-hydrogen) atoms. The van der Waals surface area contributed by atoms with Gasteiger partial charge in [-0.05, 0) is 34.4 Å². The smallest absolute Gasteiger partial charge is 0.0863 e. The van der Waals surface area contributed by atoms with Crippen molar-refractivity contribution < 1.29 is 11.0 Å². The molecule has 0 bridgehead atoms. The topological polar surface area (TPSA) is 30.7 Å². The molecule has 2 rings (SSSR count). The second-order valence-electron chi connectivity index (χ2n) is 2.13. The minimum absolute atomic E-state index is 0.00316. The lowest BCUT2D eigenvalue weighted by atomic mass is 10.4. The molecule has 0 radical (unpaired) electrons. The molecule has 0 saturated heterocycles. The molecule has 2 aromatic heterocycles. The van der Waals surface area contributed by atoms with Crippen molar-refractivity contribution in [2.24, 2.45) is 0 Å². The normalized spacial score (nSPS) is 20.1. The summed E-state index contributed by atoms with van der Waals surface area (Å²) in [5.74, 6) is 0. The van der Waals surface area contributed by atoms with Crippen LogP contribution < -0.4 is 0 Å². The molecule has 66 valence electrons. The fourth-order valence-electron chi connectivity index (χ4n) is 0.773. The first-order chi connectivity index (χ1) is 9.55. The Morgan fingerprint density at radius 3 is 3.31 bits per heavy atom. The predicted molar refractivity (Wildman–Crippen MR) is 53.8 cm³/mol. The number of halogens is 1. The Kier molecular flexibility index (Phi) is 0.813. The molecule has 0 aromatic carbocycles. The van der Waals surface area contributed by atoms with Crippen molar-refractivity contribution in [2.75, 3.05) is 0 Å². The molecule has 0 spiro atoms. The first-order valence-electron chi connectivity index (χ1n) is 7.26. The summed E-state index contributed by atoms with van der Waals surface area (Å²) in [6.07, 6.45) is -2.04. The highest BCUT2D eigenvalue weighted by molar-refractivity contribution is 9.10. The van der Waals surface area contributed by atoms with Gasteiger partial charge in [0.2, 0.25) is 0 Å². The highest BCUT2D eigenvalue weighted by atomic mass is 79.9. The fraction of sp³-hybridized carbons (Fsp3) is 0.111. The van der Waals surface area contributed by atoms with Crippen LogP contribution in [0.4, 0.5) is 0 Å². The van der Waals surface area contributed by atoms with Crippen LogP contribution in [0.2, 0.25) is 0 Å². The standard InChI is InChI=1S/C9H8BrN3/c1-7-4-12-13(6-7)9-2-3-11-5-8(9)10/h2-6H,1H3/i1D3,2D,3D,4D,5D,6D. The van der Waals surface area contributed by atoms with Gasteiger partial charge in [-0.15, -0.1) is 0 Å². The molecule has 0 amide bonds. The van der Waals surface area contributed by atoms with Gasteiger partial charge in [0.25, 0.3) is 0 Å². The Bertz CT molecular complexity index is 697. The molecule has 0 aliphatic heterocycles. The van der Waals surface area contributed by atoms with E-state index in [1.54, 1.807) is 0 Å². The van der Waals surface area contributed by atoms with E-state index in [0.717, 1.165) is 4.68 Å². The summed E-state index contributed by atoms with van der Waals surface area (Å²) in [6, 6.07) is -0.425. The fourth-order valence-corrected chi connectivity index (χ4v) is 1.13. The van der Waals surface area contributed by atoms with Gasteiger partial charge in [0.05, 0.1) is 23.2 Å². The second kappa shape index (κ2) is 3.30. The van der Waals surface area contributed by atoms with E-state index in [9.17, 15) is 0 Å². The molecule has 0 N–H and O–H groups in total. The first-order valence-corrected chi connectivity index (χ1v) is 4.05. The maximum absolute atomic E-state index is 7.87. The minimum atomic E-state index is -2.69. The molecule has 0 aliphatic rings. The zero-order chi connectivity index (χ0) is 16.1. The number of pyridine rings is 1. The largest absolute Gasteiger partial charge is 0.263 e. The third-order valence-electron chi connectivity index (χ3n) is 1.28. The van der Waals surface area contributed by atoms with Crippen LogP contribution in [0.15, 0.2) is 35.2 Å². The van der Waals surface area contributed by atoms with Gasteiger partial charge in [-0.3, -0.25) is 4.98 Å². The van der Waals surface area contributed by atoms with Gasteiger partial charge >= 0.3 is 0 Å². The van der Waals surface area contributed by atoms with Crippen LogP contribution in [-0.2, 0) is 0 Å². The number of aromatic nitrogens is 3. The zero-order valence-electron chi connectivity index (χ0n) is 14.2. The average Bonchev–Trinajstić information content (AvgIpc) is 2.62. The molecule has 0 fully saturated rings. The highest BCUT2D eigenvalue weighted by Crippen LogP contribution is 2.18. The lowest BCUT2D eigenvalue weighted by Gasteiger charge is -2.01. The van der Waals surface area contributed by atoms with E-state index in [4.69, 9.17) is 11.0 Å². The summed E-state index contributed by atoms with van der Waals surface area (Å²) in [5.41, 5.74) is -0.710. The van der Waals surface area contributed by atoms with Crippen LogP contribution in [0.5, 0.6) is 0 Å². The van der Waals surface area contributed by atoms with Crippen LogP contribution in [0.3, 0.4) is 0 Å². The van der Waals surface area contributed by atoms with Crippen LogP contribution in [0.1, 0.15) is 16.5 Å². The Labute approximate surface area is 95.8 Å². The van der Waals surface area contributed by atoms with E-state index in [2.05, 4.69) is 26.0 Å². The van der Waals surface area contributed by atoms with Gasteiger partial charge in [0, 0.05) is 22.6 Å². The van der Waals surface area contributed by atoms with Gasteiger partial charge in [-0.2, -0.15) is 5.10 Å². The number of nitrogens with zero attached hydrogens (tertiary/aromatic N) is 3. The molecule has 0 saturated carbocycles. The summed E-state index contributed by atoms with van der Waals surface area (Å²) >= 11 is 3.02. The number of hydrogen-bond donors (Lipinski definition) is 0. The zero-order valence-corrected chi connectivity index (χ0v) is 7.81. The van der Waals surface area contributed by atoms with Crippen LogP contribution in [0, 0.1) is 6.85 Å². The molecule has 0 aliphatic carbocycles. The second-order valence-corrected chi connectivity index (χ2v) is 2.93. The van der Waals surface area contributed by atoms with Crippen molar-refractivity contribution in [3.63, 3.8) is 0 Å². The molecule has 0 atom stereocenters.